The van der Waals surface area contributed by atoms with E-state index in [-0.39, 0.29) is 5.91 Å². The number of hydrogen-bond donors (Lipinski definition) is 2. The first-order valence-corrected chi connectivity index (χ1v) is 9.58. The highest BCUT2D eigenvalue weighted by atomic mass is 16.2. The lowest BCUT2D eigenvalue weighted by atomic mass is 10.0. The summed E-state index contributed by atoms with van der Waals surface area (Å²) in [4.78, 5) is 12.3. The summed E-state index contributed by atoms with van der Waals surface area (Å²) >= 11 is 0. The van der Waals surface area contributed by atoms with Crippen molar-refractivity contribution in [2.75, 3.05) is 0 Å². The molecule has 0 radical (unpaired) electrons. The summed E-state index contributed by atoms with van der Waals surface area (Å²) in [7, 11) is 0. The van der Waals surface area contributed by atoms with E-state index < -0.39 is 0 Å². The molecule has 0 fully saturated rings. The zero-order valence-electron chi connectivity index (χ0n) is 16.4. The van der Waals surface area contributed by atoms with E-state index >= 15 is 0 Å². The molecule has 29 heavy (non-hydrogen) atoms. The number of hydrazone groups is 1. The quantitative estimate of drug-likeness (QED) is 0.372. The molecular formula is C24H22N4O. The molecule has 5 nitrogen and oxygen atoms in total. The minimum Gasteiger partial charge on any atom is -0.272 e. The lowest BCUT2D eigenvalue weighted by Gasteiger charge is -2.04. The van der Waals surface area contributed by atoms with Gasteiger partial charge in [0.1, 0.15) is 5.69 Å². The summed E-state index contributed by atoms with van der Waals surface area (Å²) in [6, 6.07) is 24.1. The second-order valence-corrected chi connectivity index (χ2v) is 7.25. The highest BCUT2D eigenvalue weighted by Crippen LogP contribution is 2.23. The fourth-order valence-electron chi connectivity index (χ4n) is 3.13. The van der Waals surface area contributed by atoms with Gasteiger partial charge in [-0.2, -0.15) is 10.2 Å². The van der Waals surface area contributed by atoms with Gasteiger partial charge in [0.15, 0.2) is 0 Å². The molecule has 0 saturated heterocycles. The molecule has 0 atom stereocenters. The Hall–Kier alpha value is -3.73. The summed E-state index contributed by atoms with van der Waals surface area (Å²) in [5.41, 5.74) is 6.76. The van der Waals surface area contributed by atoms with Gasteiger partial charge in [0.25, 0.3) is 5.91 Å². The molecule has 1 heterocycles. The lowest BCUT2D eigenvalue weighted by Crippen LogP contribution is -2.18. The van der Waals surface area contributed by atoms with E-state index in [9.17, 15) is 4.79 Å². The lowest BCUT2D eigenvalue weighted by molar-refractivity contribution is 0.0950. The Morgan fingerprint density at radius 2 is 1.76 bits per heavy atom. The SMILES string of the molecule is CC(C)c1ccc(C=NNC(=O)c2cc(-c3ccc4ccccc4c3)n[nH]2)cc1. The summed E-state index contributed by atoms with van der Waals surface area (Å²) in [6.45, 7) is 4.31. The van der Waals surface area contributed by atoms with Crippen LogP contribution in [-0.2, 0) is 0 Å². The predicted molar refractivity (Wildman–Crippen MR) is 117 cm³/mol. The Morgan fingerprint density at radius 3 is 2.52 bits per heavy atom. The molecule has 0 aliphatic carbocycles. The number of benzene rings is 3. The number of fused-ring (bicyclic) bond motifs is 1. The van der Waals surface area contributed by atoms with Crippen LogP contribution < -0.4 is 5.43 Å². The van der Waals surface area contributed by atoms with Crippen molar-refractivity contribution in [3.05, 3.63) is 89.6 Å². The smallest absolute Gasteiger partial charge is 0.272 e. The van der Waals surface area contributed by atoms with Crippen LogP contribution >= 0.6 is 0 Å². The number of amides is 1. The van der Waals surface area contributed by atoms with E-state index in [0.29, 0.717) is 17.3 Å². The van der Waals surface area contributed by atoms with Crippen molar-refractivity contribution in [2.24, 2.45) is 5.10 Å². The van der Waals surface area contributed by atoms with Gasteiger partial charge in [-0.25, -0.2) is 5.43 Å². The van der Waals surface area contributed by atoms with Gasteiger partial charge in [-0.15, -0.1) is 0 Å². The van der Waals surface area contributed by atoms with E-state index in [1.54, 1.807) is 12.3 Å². The molecule has 144 valence electrons. The number of carbonyl (C=O) groups excluding carboxylic acids is 1. The van der Waals surface area contributed by atoms with Crippen molar-refractivity contribution in [1.82, 2.24) is 15.6 Å². The Balaban J connectivity index is 1.43. The highest BCUT2D eigenvalue weighted by Gasteiger charge is 2.10. The van der Waals surface area contributed by atoms with E-state index in [4.69, 9.17) is 0 Å². The topological polar surface area (TPSA) is 70.1 Å². The van der Waals surface area contributed by atoms with Crippen molar-refractivity contribution >= 4 is 22.9 Å². The normalized spacial score (nSPS) is 11.4. The van der Waals surface area contributed by atoms with Crippen molar-refractivity contribution in [1.29, 1.82) is 0 Å². The Morgan fingerprint density at radius 1 is 1.00 bits per heavy atom. The molecule has 2 N–H and O–H groups in total. The monoisotopic (exact) mass is 382 g/mol. The molecule has 4 rings (SSSR count). The van der Waals surface area contributed by atoms with Crippen LogP contribution in [0.25, 0.3) is 22.0 Å². The third-order valence-electron chi connectivity index (χ3n) is 4.85. The fraction of sp³-hybridized carbons (Fsp3) is 0.125. The molecule has 0 unspecified atom stereocenters. The van der Waals surface area contributed by atoms with Crippen LogP contribution in [-0.4, -0.2) is 22.3 Å². The minimum atomic E-state index is -0.334. The molecule has 4 aromatic rings. The fourth-order valence-corrected chi connectivity index (χ4v) is 3.13. The van der Waals surface area contributed by atoms with Crippen molar-refractivity contribution < 1.29 is 4.79 Å². The van der Waals surface area contributed by atoms with Crippen LogP contribution in [0.1, 0.15) is 41.4 Å². The van der Waals surface area contributed by atoms with Crippen molar-refractivity contribution in [3.63, 3.8) is 0 Å². The minimum absolute atomic E-state index is 0.334. The largest absolute Gasteiger partial charge is 0.289 e. The molecule has 5 heteroatoms. The number of nitrogens with one attached hydrogen (secondary N) is 2. The summed E-state index contributed by atoms with van der Waals surface area (Å²) in [5.74, 6) is 0.150. The first-order valence-electron chi connectivity index (χ1n) is 9.58. The number of aromatic amines is 1. The average molecular weight is 382 g/mol. The number of hydrogen-bond acceptors (Lipinski definition) is 3. The molecular weight excluding hydrogens is 360 g/mol. The van der Waals surface area contributed by atoms with Crippen LogP contribution in [0.5, 0.6) is 0 Å². The maximum absolute atomic E-state index is 12.3. The van der Waals surface area contributed by atoms with E-state index in [2.05, 4.69) is 64.9 Å². The summed E-state index contributed by atoms with van der Waals surface area (Å²) < 4.78 is 0. The van der Waals surface area contributed by atoms with Gasteiger partial charge < -0.3 is 0 Å². The molecule has 0 spiro atoms. The first kappa shape index (κ1) is 18.6. The van der Waals surface area contributed by atoms with Gasteiger partial charge in [0, 0.05) is 5.56 Å². The summed E-state index contributed by atoms with van der Waals surface area (Å²) in [6.07, 6.45) is 1.63. The Labute approximate surface area is 169 Å². The van der Waals surface area contributed by atoms with Crippen LogP contribution in [0, 0.1) is 0 Å². The molecule has 0 saturated carbocycles. The predicted octanol–water partition coefficient (Wildman–Crippen LogP) is 5.12. The zero-order chi connectivity index (χ0) is 20.2. The second kappa shape index (κ2) is 8.10. The average Bonchev–Trinajstić information content (AvgIpc) is 3.24. The number of aromatic nitrogens is 2. The van der Waals surface area contributed by atoms with Crippen molar-refractivity contribution in [3.8, 4) is 11.3 Å². The van der Waals surface area contributed by atoms with Gasteiger partial charge in [0.05, 0.1) is 11.9 Å². The molecule has 3 aromatic carbocycles. The first-order chi connectivity index (χ1) is 14.1. The van der Waals surface area contributed by atoms with Crippen LogP contribution in [0.15, 0.2) is 77.9 Å². The highest BCUT2D eigenvalue weighted by molar-refractivity contribution is 5.94. The molecule has 0 aliphatic rings. The Bertz CT molecular complexity index is 1170. The van der Waals surface area contributed by atoms with Gasteiger partial charge in [-0.3, -0.25) is 9.89 Å². The molecule has 0 aliphatic heterocycles. The molecule has 1 amide bonds. The van der Waals surface area contributed by atoms with E-state index in [1.807, 2.05) is 36.4 Å². The standard InChI is InChI=1S/C24H22N4O/c1-16(2)18-9-7-17(8-10-18)15-25-28-24(29)23-14-22(26-27-23)21-12-11-19-5-3-4-6-20(19)13-21/h3-16H,1-2H3,(H,26,27)(H,28,29). The maximum Gasteiger partial charge on any atom is 0.289 e. The van der Waals surface area contributed by atoms with Crippen LogP contribution in [0.4, 0.5) is 0 Å². The van der Waals surface area contributed by atoms with Crippen LogP contribution in [0.2, 0.25) is 0 Å². The Kier molecular flexibility index (Phi) is 5.20. The van der Waals surface area contributed by atoms with Gasteiger partial charge in [0.2, 0.25) is 0 Å². The third-order valence-corrected chi connectivity index (χ3v) is 4.85. The second-order valence-electron chi connectivity index (χ2n) is 7.25. The number of rotatable bonds is 5. The number of nitrogens with zero attached hydrogens (tertiary/aromatic N) is 2. The summed E-state index contributed by atoms with van der Waals surface area (Å²) in [5, 5.41) is 13.4. The number of H-pyrrole nitrogens is 1. The maximum atomic E-state index is 12.3. The van der Waals surface area contributed by atoms with Gasteiger partial charge in [-0.05, 0) is 39.9 Å². The molecule has 0 bridgehead atoms. The van der Waals surface area contributed by atoms with Gasteiger partial charge in [-0.1, -0.05) is 74.5 Å². The third kappa shape index (κ3) is 4.24. The van der Waals surface area contributed by atoms with Crippen LogP contribution in [0.3, 0.4) is 0 Å². The zero-order valence-corrected chi connectivity index (χ0v) is 16.4. The molecule has 1 aromatic heterocycles. The number of carbonyl (C=O) groups is 1. The van der Waals surface area contributed by atoms with E-state index in [0.717, 1.165) is 16.5 Å². The van der Waals surface area contributed by atoms with Crippen molar-refractivity contribution in [2.45, 2.75) is 19.8 Å². The van der Waals surface area contributed by atoms with Gasteiger partial charge >= 0.3 is 0 Å². The van der Waals surface area contributed by atoms with E-state index in [1.165, 1.54) is 10.9 Å².